The van der Waals surface area contributed by atoms with E-state index >= 15 is 0 Å². The van der Waals surface area contributed by atoms with Gasteiger partial charge in [0.05, 0.1) is 18.6 Å². The maximum atomic E-state index is 13.4. The quantitative estimate of drug-likeness (QED) is 0.275. The number of fused-ring (bicyclic) bond motifs is 2. The summed E-state index contributed by atoms with van der Waals surface area (Å²) in [7, 11) is 0. The molecule has 1 amide bonds. The van der Waals surface area contributed by atoms with Crippen LogP contribution in [0.25, 0.3) is 10.9 Å². The van der Waals surface area contributed by atoms with Gasteiger partial charge in [0.15, 0.2) is 11.5 Å². The van der Waals surface area contributed by atoms with Gasteiger partial charge in [-0.1, -0.05) is 26.8 Å². The molecule has 1 aliphatic heterocycles. The Hall–Kier alpha value is -3.25. The van der Waals surface area contributed by atoms with Crippen molar-refractivity contribution in [3.63, 3.8) is 0 Å². The first-order chi connectivity index (χ1) is 18.2. The fraction of sp³-hybridized carbons (Fsp3) is 0.464. The average Bonchev–Trinajstić information content (AvgIpc) is 3.51. The van der Waals surface area contributed by atoms with Gasteiger partial charge in [0, 0.05) is 36.3 Å². The van der Waals surface area contributed by atoms with E-state index in [9.17, 15) is 28.9 Å². The molecule has 0 saturated heterocycles. The number of ether oxygens (including phenoxy) is 2. The molecule has 9 nitrogen and oxygen atoms in total. The van der Waals surface area contributed by atoms with E-state index in [-0.39, 0.29) is 37.9 Å². The van der Waals surface area contributed by atoms with Crippen molar-refractivity contribution in [2.45, 2.75) is 75.6 Å². The zero-order valence-electron chi connectivity index (χ0n) is 21.8. The Balaban J connectivity index is 0. The number of aromatic nitrogens is 1. The Kier molecular flexibility index (Phi) is 6.61. The zero-order chi connectivity index (χ0) is 28.3. The lowest BCUT2D eigenvalue weighted by atomic mass is 9.92. The van der Waals surface area contributed by atoms with Crippen LogP contribution in [-0.4, -0.2) is 62.1 Å². The van der Waals surface area contributed by atoms with E-state index in [2.05, 4.69) is 14.8 Å². The predicted octanol–water partition coefficient (Wildman–Crippen LogP) is 4.48. The van der Waals surface area contributed by atoms with E-state index in [0.29, 0.717) is 24.1 Å². The second-order valence-electron chi connectivity index (χ2n) is 11.3. The highest BCUT2D eigenvalue weighted by Gasteiger charge is 2.52. The molecule has 2 aliphatic rings. The molecule has 1 aromatic heterocycles. The summed E-state index contributed by atoms with van der Waals surface area (Å²) in [6.45, 7) is 5.31. The van der Waals surface area contributed by atoms with Crippen molar-refractivity contribution in [1.82, 2.24) is 4.57 Å². The summed E-state index contributed by atoms with van der Waals surface area (Å²) in [5.41, 5.74) is 1.53. The Bertz CT molecular complexity index is 1440. The molecule has 0 bridgehead atoms. The second kappa shape index (κ2) is 9.44. The highest BCUT2D eigenvalue weighted by Crippen LogP contribution is 2.52. The summed E-state index contributed by atoms with van der Waals surface area (Å²) in [6.07, 6.45) is -6.96. The number of amides is 1. The Morgan fingerprint density at radius 1 is 1.05 bits per heavy atom. The van der Waals surface area contributed by atoms with Crippen LogP contribution >= 0.6 is 0 Å². The van der Waals surface area contributed by atoms with Crippen LogP contribution in [0.3, 0.4) is 0 Å². The molecule has 3 aromatic rings. The summed E-state index contributed by atoms with van der Waals surface area (Å²) >= 11 is 0. The maximum Gasteiger partial charge on any atom is 0.586 e. The normalized spacial score (nSPS) is 19.5. The lowest BCUT2D eigenvalue weighted by Gasteiger charge is -2.27. The van der Waals surface area contributed by atoms with Gasteiger partial charge in [0.2, 0.25) is 5.91 Å². The van der Waals surface area contributed by atoms with E-state index < -0.39 is 36.6 Å². The number of rotatable bonds is 8. The fourth-order valence-corrected chi connectivity index (χ4v) is 5.10. The average molecular weight is 559 g/mol. The van der Waals surface area contributed by atoms with Gasteiger partial charge in [-0.2, -0.15) is 0 Å². The third kappa shape index (κ3) is 5.07. The molecule has 0 spiro atoms. The number of aliphatic hydroxyl groups excluding tert-OH is 4. The van der Waals surface area contributed by atoms with Gasteiger partial charge in [-0.3, -0.25) is 4.79 Å². The molecule has 2 heterocycles. The SMILES string of the molecule is CC(C)(C)c1cc2cc(NC(=O)C3(c4ccc5c(c4)OC(F)(F)O5)CC3)ccc2n1C[C@@H](O)[C@@H](O)[C@H](O)CO.[HH].[HH].[HH].[HH].[HH].[HH]. The minimum absolute atomic E-state index is 0. The van der Waals surface area contributed by atoms with Crippen LogP contribution in [-0.2, 0) is 22.2 Å². The summed E-state index contributed by atoms with van der Waals surface area (Å²) in [5, 5.41) is 43.3. The highest BCUT2D eigenvalue weighted by molar-refractivity contribution is 6.02. The number of hydrogen-bond donors (Lipinski definition) is 5. The van der Waals surface area contributed by atoms with Gasteiger partial charge in [0.1, 0.15) is 18.3 Å². The van der Waals surface area contributed by atoms with Crippen molar-refractivity contribution in [2.75, 3.05) is 11.9 Å². The fourth-order valence-electron chi connectivity index (χ4n) is 5.10. The number of anilines is 1. The first-order valence-corrected chi connectivity index (χ1v) is 12.7. The minimum Gasteiger partial charge on any atom is -0.395 e. The van der Waals surface area contributed by atoms with Gasteiger partial charge >= 0.3 is 6.29 Å². The molecule has 1 aliphatic carbocycles. The minimum atomic E-state index is -3.73. The lowest BCUT2D eigenvalue weighted by Crippen LogP contribution is -2.42. The molecule has 2 aromatic carbocycles. The Labute approximate surface area is 232 Å². The van der Waals surface area contributed by atoms with Crippen molar-refractivity contribution in [3.05, 3.63) is 53.7 Å². The number of benzene rings is 2. The number of hydrogen-bond acceptors (Lipinski definition) is 7. The smallest absolute Gasteiger partial charge is 0.395 e. The largest absolute Gasteiger partial charge is 0.586 e. The first kappa shape index (κ1) is 27.3. The highest BCUT2D eigenvalue weighted by atomic mass is 19.3. The van der Waals surface area contributed by atoms with E-state index in [0.717, 1.165) is 16.6 Å². The van der Waals surface area contributed by atoms with Gasteiger partial charge in [-0.25, -0.2) is 0 Å². The van der Waals surface area contributed by atoms with Crippen LogP contribution in [0, 0.1) is 0 Å². The van der Waals surface area contributed by atoms with Gasteiger partial charge in [-0.05, 0) is 54.8 Å². The van der Waals surface area contributed by atoms with Crippen LogP contribution in [0.1, 0.15) is 53.4 Å². The number of nitrogens with one attached hydrogen (secondary N) is 1. The van der Waals surface area contributed by atoms with E-state index in [1.54, 1.807) is 24.3 Å². The van der Waals surface area contributed by atoms with Crippen LogP contribution in [0.15, 0.2) is 42.5 Å². The molecule has 0 unspecified atom stereocenters. The van der Waals surface area contributed by atoms with E-state index in [1.165, 1.54) is 12.1 Å². The molecule has 3 atom stereocenters. The standard InChI is InChI=1S/C28H32F2N2O7.6H2/c1-26(2,3)23-11-15-10-17(5-6-18(15)32(23)13-19(34)24(36)20(35)14-33)31-25(37)27(8-9-27)16-4-7-21-22(12-16)39-28(29,30)38-21;;;;;;/h4-7,10-12,19-20,24,33-36H,8-9,13-14H2,1-3H3,(H,31,37);6*1H/t19-,20-,24-;;;;;;/m1....../s1. The van der Waals surface area contributed by atoms with Crippen molar-refractivity contribution in [2.24, 2.45) is 0 Å². The number of nitrogens with zero attached hydrogens (tertiary/aromatic N) is 1. The van der Waals surface area contributed by atoms with E-state index in [1.807, 2.05) is 31.4 Å². The third-order valence-corrected chi connectivity index (χ3v) is 7.41. The third-order valence-electron chi connectivity index (χ3n) is 7.41. The molecule has 5 N–H and O–H groups in total. The van der Waals surface area contributed by atoms with Gasteiger partial charge in [0.25, 0.3) is 0 Å². The monoisotopic (exact) mass is 558 g/mol. The molecular weight excluding hydrogens is 514 g/mol. The summed E-state index contributed by atoms with van der Waals surface area (Å²) in [6, 6.07) is 11.7. The van der Waals surface area contributed by atoms with Crippen molar-refractivity contribution in [3.8, 4) is 11.5 Å². The van der Waals surface area contributed by atoms with Crippen LogP contribution in [0.5, 0.6) is 11.5 Å². The molecule has 5 rings (SSSR count). The molecule has 222 valence electrons. The number of carbonyl (C=O) groups is 1. The molecule has 39 heavy (non-hydrogen) atoms. The van der Waals surface area contributed by atoms with Gasteiger partial charge < -0.3 is 39.8 Å². The van der Waals surface area contributed by atoms with Crippen LogP contribution in [0.4, 0.5) is 14.5 Å². The second-order valence-corrected chi connectivity index (χ2v) is 11.3. The number of aliphatic hydroxyl groups is 4. The van der Waals surface area contributed by atoms with Gasteiger partial charge in [-0.15, -0.1) is 8.78 Å². The number of carbonyl (C=O) groups excluding carboxylic acids is 1. The summed E-state index contributed by atoms with van der Waals surface area (Å²) in [4.78, 5) is 13.4. The topological polar surface area (TPSA) is 133 Å². The van der Waals surface area contributed by atoms with Crippen molar-refractivity contribution >= 4 is 22.5 Å². The zero-order valence-corrected chi connectivity index (χ0v) is 21.8. The molecular formula is C28H44F2N2O7. The summed E-state index contributed by atoms with van der Waals surface area (Å²) in [5.74, 6) is -0.444. The van der Waals surface area contributed by atoms with Crippen molar-refractivity contribution in [1.29, 1.82) is 0 Å². The molecule has 0 radical (unpaired) electrons. The maximum absolute atomic E-state index is 13.4. The summed E-state index contributed by atoms with van der Waals surface area (Å²) < 4.78 is 37.8. The van der Waals surface area contributed by atoms with Crippen LogP contribution in [0.2, 0.25) is 0 Å². The molecule has 1 fully saturated rings. The van der Waals surface area contributed by atoms with Crippen LogP contribution < -0.4 is 14.8 Å². The van der Waals surface area contributed by atoms with E-state index in [4.69, 9.17) is 5.11 Å². The molecule has 11 heteroatoms. The molecule has 1 saturated carbocycles. The number of halogens is 2. The lowest BCUT2D eigenvalue weighted by molar-refractivity contribution is -0.286. The first-order valence-electron chi connectivity index (χ1n) is 12.7. The Morgan fingerprint density at radius 3 is 2.38 bits per heavy atom. The number of alkyl halides is 2. The predicted molar refractivity (Wildman–Crippen MR) is 151 cm³/mol. The Morgan fingerprint density at radius 2 is 1.74 bits per heavy atom. The van der Waals surface area contributed by atoms with Crippen molar-refractivity contribution < 1.29 is 52.0 Å².